The highest BCUT2D eigenvalue weighted by Crippen LogP contribution is 2.21. The SMILES string of the molecule is Cc1cc(C)n2nc(C(=O)N3CCC(=Cc4ccccc4F)CC3)nc2n1. The van der Waals surface area contributed by atoms with Crippen molar-refractivity contribution < 1.29 is 9.18 Å². The van der Waals surface area contributed by atoms with E-state index in [1.807, 2.05) is 32.1 Å². The molecule has 1 aromatic carbocycles. The molecular formula is C20H20FN5O. The number of aryl methyl sites for hydroxylation is 2. The van der Waals surface area contributed by atoms with E-state index < -0.39 is 0 Å². The second kappa shape index (κ2) is 6.90. The number of fused-ring (bicyclic) bond motifs is 1. The van der Waals surface area contributed by atoms with Crippen LogP contribution in [-0.2, 0) is 0 Å². The summed E-state index contributed by atoms with van der Waals surface area (Å²) < 4.78 is 15.4. The van der Waals surface area contributed by atoms with E-state index in [1.165, 1.54) is 6.07 Å². The number of nitrogens with zero attached hydrogens (tertiary/aromatic N) is 5. The van der Waals surface area contributed by atoms with E-state index in [0.717, 1.165) is 17.0 Å². The van der Waals surface area contributed by atoms with Crippen molar-refractivity contribution in [1.29, 1.82) is 0 Å². The molecule has 0 atom stereocenters. The van der Waals surface area contributed by atoms with Crippen LogP contribution >= 0.6 is 0 Å². The number of aromatic nitrogens is 4. The molecule has 0 saturated carbocycles. The Balaban J connectivity index is 1.49. The fourth-order valence-electron chi connectivity index (χ4n) is 3.35. The number of piperidine rings is 1. The Hall–Kier alpha value is -3.09. The molecular weight excluding hydrogens is 345 g/mol. The zero-order chi connectivity index (χ0) is 19.0. The Labute approximate surface area is 156 Å². The van der Waals surface area contributed by atoms with E-state index in [-0.39, 0.29) is 17.5 Å². The van der Waals surface area contributed by atoms with Crippen molar-refractivity contribution in [3.8, 4) is 0 Å². The summed E-state index contributed by atoms with van der Waals surface area (Å²) in [6.45, 7) is 4.93. The molecule has 138 valence electrons. The largest absolute Gasteiger partial charge is 0.335 e. The molecule has 1 aliphatic heterocycles. The Bertz CT molecular complexity index is 1050. The van der Waals surface area contributed by atoms with Gasteiger partial charge in [-0.3, -0.25) is 4.79 Å². The third-order valence-electron chi connectivity index (χ3n) is 4.77. The second-order valence-corrected chi connectivity index (χ2v) is 6.80. The lowest BCUT2D eigenvalue weighted by molar-refractivity contribution is 0.0732. The smallest absolute Gasteiger partial charge is 0.293 e. The lowest BCUT2D eigenvalue weighted by Gasteiger charge is -2.27. The first-order valence-corrected chi connectivity index (χ1v) is 8.95. The minimum absolute atomic E-state index is 0.165. The van der Waals surface area contributed by atoms with Crippen molar-refractivity contribution >= 4 is 17.8 Å². The van der Waals surface area contributed by atoms with Gasteiger partial charge in [0.25, 0.3) is 11.7 Å². The quantitative estimate of drug-likeness (QED) is 0.700. The van der Waals surface area contributed by atoms with Crippen LogP contribution in [0, 0.1) is 19.7 Å². The van der Waals surface area contributed by atoms with Crippen LogP contribution in [-0.4, -0.2) is 43.5 Å². The van der Waals surface area contributed by atoms with Gasteiger partial charge in [-0.2, -0.15) is 4.98 Å². The van der Waals surface area contributed by atoms with Gasteiger partial charge in [0.15, 0.2) is 0 Å². The van der Waals surface area contributed by atoms with Gasteiger partial charge in [0, 0.05) is 30.0 Å². The minimum Gasteiger partial charge on any atom is -0.335 e. The Morgan fingerprint density at radius 1 is 1.15 bits per heavy atom. The minimum atomic E-state index is -0.226. The van der Waals surface area contributed by atoms with Crippen molar-refractivity contribution in [3.05, 3.63) is 64.5 Å². The molecule has 0 spiro atoms. The summed E-state index contributed by atoms with van der Waals surface area (Å²) in [7, 11) is 0. The highest BCUT2D eigenvalue weighted by atomic mass is 19.1. The van der Waals surface area contributed by atoms with E-state index in [1.54, 1.807) is 21.5 Å². The van der Waals surface area contributed by atoms with Gasteiger partial charge in [0.2, 0.25) is 5.82 Å². The maximum absolute atomic E-state index is 13.8. The monoisotopic (exact) mass is 365 g/mol. The first-order chi connectivity index (χ1) is 13.0. The number of carbonyl (C=O) groups is 1. The van der Waals surface area contributed by atoms with Crippen LogP contribution in [0.4, 0.5) is 4.39 Å². The number of hydrogen-bond acceptors (Lipinski definition) is 4. The van der Waals surface area contributed by atoms with Gasteiger partial charge >= 0.3 is 0 Å². The molecule has 7 heteroatoms. The molecule has 0 aliphatic carbocycles. The van der Waals surface area contributed by atoms with E-state index >= 15 is 0 Å². The summed E-state index contributed by atoms with van der Waals surface area (Å²) in [5, 5.41) is 4.31. The van der Waals surface area contributed by atoms with Crippen LogP contribution in [0.5, 0.6) is 0 Å². The van der Waals surface area contributed by atoms with Crippen molar-refractivity contribution in [1.82, 2.24) is 24.5 Å². The molecule has 1 aliphatic rings. The summed E-state index contributed by atoms with van der Waals surface area (Å²) in [6, 6.07) is 8.62. The third-order valence-corrected chi connectivity index (χ3v) is 4.77. The van der Waals surface area contributed by atoms with Crippen LogP contribution < -0.4 is 0 Å². The van der Waals surface area contributed by atoms with E-state index in [2.05, 4.69) is 15.1 Å². The molecule has 0 radical (unpaired) electrons. The molecule has 0 unspecified atom stereocenters. The van der Waals surface area contributed by atoms with E-state index in [0.29, 0.717) is 37.3 Å². The summed E-state index contributed by atoms with van der Waals surface area (Å²) in [4.78, 5) is 23.1. The van der Waals surface area contributed by atoms with Gasteiger partial charge in [-0.1, -0.05) is 29.8 Å². The van der Waals surface area contributed by atoms with E-state index in [9.17, 15) is 9.18 Å². The van der Waals surface area contributed by atoms with Gasteiger partial charge in [0.1, 0.15) is 5.82 Å². The molecule has 3 aromatic rings. The van der Waals surface area contributed by atoms with Crippen LogP contribution in [0.2, 0.25) is 0 Å². The Kier molecular flexibility index (Phi) is 4.43. The summed E-state index contributed by atoms with van der Waals surface area (Å²) in [6.07, 6.45) is 3.31. The number of benzene rings is 1. The number of hydrogen-bond donors (Lipinski definition) is 0. The fourth-order valence-corrected chi connectivity index (χ4v) is 3.35. The number of carbonyl (C=O) groups excluding carboxylic acids is 1. The highest BCUT2D eigenvalue weighted by Gasteiger charge is 2.24. The van der Waals surface area contributed by atoms with Crippen LogP contribution in [0.1, 0.15) is 40.4 Å². The standard InChI is InChI=1S/C20H20FN5O/c1-13-11-14(2)26-20(22-13)23-18(24-26)19(27)25-9-7-15(8-10-25)12-16-5-3-4-6-17(16)21/h3-6,11-12H,7-10H2,1-2H3. The van der Waals surface area contributed by atoms with Crippen molar-refractivity contribution in [2.24, 2.45) is 0 Å². The summed E-state index contributed by atoms with van der Waals surface area (Å²) >= 11 is 0. The van der Waals surface area contributed by atoms with E-state index in [4.69, 9.17) is 0 Å². The van der Waals surface area contributed by atoms with Gasteiger partial charge in [-0.15, -0.1) is 5.10 Å². The topological polar surface area (TPSA) is 63.4 Å². The molecule has 6 nitrogen and oxygen atoms in total. The van der Waals surface area contributed by atoms with Crippen molar-refractivity contribution in [3.63, 3.8) is 0 Å². The lowest BCUT2D eigenvalue weighted by Crippen LogP contribution is -2.37. The number of halogens is 1. The molecule has 1 amide bonds. The van der Waals surface area contributed by atoms with Gasteiger partial charge in [-0.05, 0) is 38.8 Å². The van der Waals surface area contributed by atoms with Crippen LogP contribution in [0.25, 0.3) is 11.9 Å². The lowest BCUT2D eigenvalue weighted by atomic mass is 10.0. The molecule has 4 rings (SSSR count). The molecule has 1 saturated heterocycles. The molecule has 1 fully saturated rings. The Morgan fingerprint density at radius 2 is 1.89 bits per heavy atom. The average molecular weight is 365 g/mol. The fraction of sp³-hybridized carbons (Fsp3) is 0.300. The zero-order valence-corrected chi connectivity index (χ0v) is 15.3. The predicted octanol–water partition coefficient (Wildman–Crippen LogP) is 3.20. The number of likely N-dealkylation sites (tertiary alicyclic amines) is 1. The van der Waals surface area contributed by atoms with Gasteiger partial charge < -0.3 is 4.90 Å². The first kappa shape index (κ1) is 17.3. The van der Waals surface area contributed by atoms with Crippen LogP contribution in [0.3, 0.4) is 0 Å². The third kappa shape index (κ3) is 3.45. The van der Waals surface area contributed by atoms with Crippen molar-refractivity contribution in [2.45, 2.75) is 26.7 Å². The maximum atomic E-state index is 13.8. The molecule has 3 heterocycles. The van der Waals surface area contributed by atoms with Crippen molar-refractivity contribution in [2.75, 3.05) is 13.1 Å². The molecule has 0 bridgehead atoms. The van der Waals surface area contributed by atoms with Gasteiger partial charge in [-0.25, -0.2) is 13.9 Å². The Morgan fingerprint density at radius 3 is 2.63 bits per heavy atom. The van der Waals surface area contributed by atoms with Crippen LogP contribution in [0.15, 0.2) is 35.9 Å². The second-order valence-electron chi connectivity index (χ2n) is 6.80. The number of amides is 1. The molecule has 2 aromatic heterocycles. The summed E-state index contributed by atoms with van der Waals surface area (Å²) in [5.74, 6) is 0.184. The average Bonchev–Trinajstić information content (AvgIpc) is 3.08. The highest BCUT2D eigenvalue weighted by molar-refractivity contribution is 5.91. The normalized spacial score (nSPS) is 14.6. The number of rotatable bonds is 2. The summed E-state index contributed by atoms with van der Waals surface area (Å²) in [5.41, 5.74) is 3.46. The predicted molar refractivity (Wildman–Crippen MR) is 99.8 cm³/mol. The van der Waals surface area contributed by atoms with Gasteiger partial charge in [0.05, 0.1) is 0 Å². The molecule has 0 N–H and O–H groups in total. The molecule has 27 heavy (non-hydrogen) atoms. The first-order valence-electron chi connectivity index (χ1n) is 8.95. The maximum Gasteiger partial charge on any atom is 0.293 e. The zero-order valence-electron chi connectivity index (χ0n) is 15.3.